The van der Waals surface area contributed by atoms with Gasteiger partial charge in [-0.15, -0.1) is 0 Å². The molecule has 0 bridgehead atoms. The molecule has 0 spiro atoms. The van der Waals surface area contributed by atoms with Gasteiger partial charge in [0.2, 0.25) is 0 Å². The molecule has 0 aromatic carbocycles. The number of rotatable bonds is 2. The maximum Gasteiger partial charge on any atom is 0.0624 e. The van der Waals surface area contributed by atoms with E-state index in [0.717, 1.165) is 31.7 Å². The van der Waals surface area contributed by atoms with Gasteiger partial charge in [-0.2, -0.15) is 0 Å². The molecule has 0 aromatic heterocycles. The molecule has 0 saturated carbocycles. The van der Waals surface area contributed by atoms with Gasteiger partial charge in [0.25, 0.3) is 0 Å². The molecule has 4 unspecified atom stereocenters. The summed E-state index contributed by atoms with van der Waals surface area (Å²) in [6.45, 7) is 8.76. The minimum atomic E-state index is 0.160. The minimum absolute atomic E-state index is 0.160. The Bertz CT molecular complexity index is 325. The summed E-state index contributed by atoms with van der Waals surface area (Å²) in [7, 11) is 2.30. The van der Waals surface area contributed by atoms with E-state index < -0.39 is 0 Å². The third kappa shape index (κ3) is 2.68. The molecule has 3 saturated heterocycles. The van der Waals surface area contributed by atoms with E-state index in [9.17, 15) is 0 Å². The van der Waals surface area contributed by atoms with Crippen LogP contribution >= 0.6 is 0 Å². The van der Waals surface area contributed by atoms with Gasteiger partial charge in [0, 0.05) is 30.6 Å². The van der Waals surface area contributed by atoms with E-state index in [0.29, 0.717) is 0 Å². The van der Waals surface area contributed by atoms with Crippen LogP contribution in [0.25, 0.3) is 0 Å². The van der Waals surface area contributed by atoms with Crippen molar-refractivity contribution < 1.29 is 4.74 Å². The number of hydrogen-bond donors (Lipinski definition) is 1. The summed E-state index contributed by atoms with van der Waals surface area (Å²) < 4.78 is 5.58. The highest BCUT2D eigenvalue weighted by atomic mass is 16.5. The van der Waals surface area contributed by atoms with Gasteiger partial charge in [0.1, 0.15) is 0 Å². The molecular formula is C15H29N3O. The van der Waals surface area contributed by atoms with Crippen molar-refractivity contribution in [1.29, 1.82) is 0 Å². The Balaban J connectivity index is 1.59. The number of ether oxygens (including phenoxy) is 1. The highest BCUT2D eigenvalue weighted by Gasteiger charge is 2.41. The second-order valence-electron chi connectivity index (χ2n) is 7.25. The maximum atomic E-state index is 6.22. The summed E-state index contributed by atoms with van der Waals surface area (Å²) in [5, 5.41) is 0. The van der Waals surface area contributed by atoms with Gasteiger partial charge in [-0.3, -0.25) is 0 Å². The van der Waals surface area contributed by atoms with E-state index in [1.54, 1.807) is 0 Å². The molecule has 0 radical (unpaired) electrons. The third-order valence-corrected chi connectivity index (χ3v) is 5.64. The SMILES string of the molecule is CN1CCCC2CN(CC3(C)COCC3N)CCC21. The van der Waals surface area contributed by atoms with Crippen LogP contribution in [0.4, 0.5) is 0 Å². The molecule has 3 rings (SSSR count). The summed E-state index contributed by atoms with van der Waals surface area (Å²) in [4.78, 5) is 5.23. The van der Waals surface area contributed by atoms with E-state index in [4.69, 9.17) is 10.5 Å². The topological polar surface area (TPSA) is 41.7 Å². The summed E-state index contributed by atoms with van der Waals surface area (Å²) >= 11 is 0. The van der Waals surface area contributed by atoms with Gasteiger partial charge in [0.15, 0.2) is 0 Å². The number of hydrogen-bond acceptors (Lipinski definition) is 4. The standard InChI is InChI=1S/C15H29N3O/c1-15(11-19-9-14(15)16)10-18-7-5-13-12(8-18)4-3-6-17(13)2/h12-14H,3-11,16H2,1-2H3. The first kappa shape index (κ1) is 13.8. The van der Waals surface area contributed by atoms with Gasteiger partial charge < -0.3 is 20.3 Å². The molecule has 3 aliphatic heterocycles. The Kier molecular flexibility index (Phi) is 3.87. The predicted molar refractivity (Wildman–Crippen MR) is 77.1 cm³/mol. The summed E-state index contributed by atoms with van der Waals surface area (Å²) in [5.74, 6) is 0.870. The Morgan fingerprint density at radius 1 is 1.32 bits per heavy atom. The lowest BCUT2D eigenvalue weighted by Gasteiger charge is -2.47. The summed E-state index contributed by atoms with van der Waals surface area (Å²) in [6.07, 6.45) is 4.10. The van der Waals surface area contributed by atoms with Gasteiger partial charge in [0.05, 0.1) is 13.2 Å². The molecule has 0 aliphatic carbocycles. The van der Waals surface area contributed by atoms with E-state index in [-0.39, 0.29) is 11.5 Å². The normalized spacial score (nSPS) is 45.3. The average Bonchev–Trinajstić information content (AvgIpc) is 2.69. The highest BCUT2D eigenvalue weighted by Crippen LogP contribution is 2.33. The van der Waals surface area contributed by atoms with Crippen LogP contribution in [0.2, 0.25) is 0 Å². The van der Waals surface area contributed by atoms with Crippen LogP contribution in [0.15, 0.2) is 0 Å². The lowest BCUT2D eigenvalue weighted by molar-refractivity contribution is 0.0180. The molecule has 4 nitrogen and oxygen atoms in total. The zero-order valence-corrected chi connectivity index (χ0v) is 12.5. The minimum Gasteiger partial charge on any atom is -0.379 e. The number of fused-ring (bicyclic) bond motifs is 1. The van der Waals surface area contributed by atoms with Crippen LogP contribution in [-0.4, -0.2) is 68.3 Å². The molecule has 110 valence electrons. The molecular weight excluding hydrogens is 238 g/mol. The second-order valence-corrected chi connectivity index (χ2v) is 7.25. The van der Waals surface area contributed by atoms with Crippen LogP contribution in [-0.2, 0) is 4.74 Å². The molecule has 3 heterocycles. The van der Waals surface area contributed by atoms with Crippen molar-refractivity contribution in [1.82, 2.24) is 9.80 Å². The molecule has 3 fully saturated rings. The van der Waals surface area contributed by atoms with Crippen molar-refractivity contribution in [2.24, 2.45) is 17.1 Å². The van der Waals surface area contributed by atoms with Crippen molar-refractivity contribution in [3.8, 4) is 0 Å². The summed E-state index contributed by atoms with van der Waals surface area (Å²) in [5.41, 5.74) is 6.38. The van der Waals surface area contributed by atoms with Gasteiger partial charge in [-0.25, -0.2) is 0 Å². The Morgan fingerprint density at radius 2 is 2.16 bits per heavy atom. The monoisotopic (exact) mass is 267 g/mol. The Labute approximate surface area is 117 Å². The van der Waals surface area contributed by atoms with E-state index in [1.165, 1.54) is 38.9 Å². The van der Waals surface area contributed by atoms with Crippen molar-refractivity contribution >= 4 is 0 Å². The zero-order valence-electron chi connectivity index (χ0n) is 12.5. The van der Waals surface area contributed by atoms with Crippen molar-refractivity contribution in [2.75, 3.05) is 46.4 Å². The predicted octanol–water partition coefficient (Wildman–Crippen LogP) is 0.766. The van der Waals surface area contributed by atoms with Crippen LogP contribution in [0, 0.1) is 11.3 Å². The molecule has 4 atom stereocenters. The van der Waals surface area contributed by atoms with Crippen molar-refractivity contribution in [3.05, 3.63) is 0 Å². The Hall–Kier alpha value is -0.160. The smallest absolute Gasteiger partial charge is 0.0624 e. The molecule has 0 amide bonds. The largest absolute Gasteiger partial charge is 0.379 e. The first-order valence-electron chi connectivity index (χ1n) is 7.84. The summed E-state index contributed by atoms with van der Waals surface area (Å²) in [6, 6.07) is 1.03. The Morgan fingerprint density at radius 3 is 2.89 bits per heavy atom. The zero-order chi connectivity index (χ0) is 13.5. The average molecular weight is 267 g/mol. The number of piperidine rings is 2. The first-order chi connectivity index (χ1) is 9.08. The number of likely N-dealkylation sites (tertiary alicyclic amines) is 2. The van der Waals surface area contributed by atoms with Gasteiger partial charge in [-0.05, 0) is 45.3 Å². The number of nitrogens with two attached hydrogens (primary N) is 1. The lowest BCUT2D eigenvalue weighted by Crippen LogP contribution is -2.55. The molecule has 0 aromatic rings. The highest BCUT2D eigenvalue weighted by molar-refractivity contribution is 4.95. The van der Waals surface area contributed by atoms with E-state index in [1.807, 2.05) is 0 Å². The fourth-order valence-corrected chi connectivity index (χ4v) is 4.27. The molecule has 2 N–H and O–H groups in total. The van der Waals surface area contributed by atoms with Crippen LogP contribution in [0.5, 0.6) is 0 Å². The lowest BCUT2D eigenvalue weighted by atomic mass is 9.81. The van der Waals surface area contributed by atoms with E-state index in [2.05, 4.69) is 23.8 Å². The number of nitrogens with zero attached hydrogens (tertiary/aromatic N) is 2. The van der Waals surface area contributed by atoms with Gasteiger partial charge in [-0.1, -0.05) is 6.92 Å². The molecule has 4 heteroatoms. The molecule has 3 aliphatic rings. The van der Waals surface area contributed by atoms with E-state index >= 15 is 0 Å². The van der Waals surface area contributed by atoms with Crippen LogP contribution in [0.1, 0.15) is 26.2 Å². The fraction of sp³-hybridized carbons (Fsp3) is 1.00. The van der Waals surface area contributed by atoms with Crippen LogP contribution in [0.3, 0.4) is 0 Å². The molecule has 19 heavy (non-hydrogen) atoms. The first-order valence-corrected chi connectivity index (χ1v) is 7.84. The van der Waals surface area contributed by atoms with Crippen LogP contribution < -0.4 is 5.73 Å². The van der Waals surface area contributed by atoms with Gasteiger partial charge >= 0.3 is 0 Å². The van der Waals surface area contributed by atoms with Crippen molar-refractivity contribution in [2.45, 2.75) is 38.3 Å². The third-order valence-electron chi connectivity index (χ3n) is 5.64. The quantitative estimate of drug-likeness (QED) is 0.802. The maximum absolute atomic E-state index is 6.22. The van der Waals surface area contributed by atoms with Crippen molar-refractivity contribution in [3.63, 3.8) is 0 Å². The second kappa shape index (κ2) is 5.32. The fourth-order valence-electron chi connectivity index (χ4n) is 4.27.